The Kier molecular flexibility index (Phi) is 4.88. The minimum Gasteiger partial charge on any atom is -0.396 e. The highest BCUT2D eigenvalue weighted by atomic mass is 16.5. The zero-order valence-corrected chi connectivity index (χ0v) is 6.04. The Morgan fingerprint density at radius 3 is 2.70 bits per heavy atom. The van der Waals surface area contributed by atoms with Crippen molar-refractivity contribution in [1.82, 2.24) is 0 Å². The van der Waals surface area contributed by atoms with Crippen molar-refractivity contribution in [3.63, 3.8) is 0 Å². The van der Waals surface area contributed by atoms with Crippen molar-refractivity contribution in [2.75, 3.05) is 13.7 Å². The van der Waals surface area contributed by atoms with Crippen LogP contribution in [0.4, 0.5) is 0 Å². The Morgan fingerprint density at radius 1 is 1.80 bits per heavy atom. The average Bonchev–Trinajstić information content (AvgIpc) is 1.86. The van der Waals surface area contributed by atoms with Crippen LogP contribution < -0.4 is 5.73 Å². The summed E-state index contributed by atoms with van der Waals surface area (Å²) in [7, 11) is 1.49. The van der Waals surface area contributed by atoms with Gasteiger partial charge >= 0.3 is 0 Å². The Bertz CT molecular complexity index is 105. The first-order chi connectivity index (χ1) is 4.70. The van der Waals surface area contributed by atoms with Gasteiger partial charge in [-0.15, -0.1) is 0 Å². The number of rotatable bonds is 5. The monoisotopic (exact) mass is 147 g/mol. The quantitative estimate of drug-likeness (QED) is 0.538. The van der Waals surface area contributed by atoms with Crippen molar-refractivity contribution in [2.24, 2.45) is 5.73 Å². The van der Waals surface area contributed by atoms with Gasteiger partial charge in [0.2, 0.25) is 5.91 Å². The number of methoxy groups -OCH3 is 1. The smallest absolute Gasteiger partial charge is 0.220 e. The number of carbonyl (C=O) groups is 1. The van der Waals surface area contributed by atoms with Gasteiger partial charge in [0.1, 0.15) is 0 Å². The molecule has 0 aliphatic rings. The zero-order chi connectivity index (χ0) is 7.98. The topological polar surface area (TPSA) is 72.6 Å². The number of hydrogen-bond donors (Lipinski definition) is 2. The van der Waals surface area contributed by atoms with Crippen LogP contribution in [0.15, 0.2) is 0 Å². The lowest BCUT2D eigenvalue weighted by atomic mass is 10.2. The summed E-state index contributed by atoms with van der Waals surface area (Å²) in [6, 6.07) is 0. The Morgan fingerprint density at radius 2 is 2.40 bits per heavy atom. The summed E-state index contributed by atoms with van der Waals surface area (Å²) in [6.45, 7) is 0.0196. The Hall–Kier alpha value is -0.610. The molecule has 0 saturated heterocycles. The lowest BCUT2D eigenvalue weighted by Crippen LogP contribution is -2.22. The van der Waals surface area contributed by atoms with E-state index < -0.39 is 5.91 Å². The number of nitrogens with two attached hydrogens (primary N) is 1. The summed E-state index contributed by atoms with van der Waals surface area (Å²) in [5, 5.41) is 8.45. The summed E-state index contributed by atoms with van der Waals surface area (Å²) in [4.78, 5) is 10.3. The fraction of sp³-hybridized carbons (Fsp3) is 0.833. The van der Waals surface area contributed by atoms with Gasteiger partial charge in [0.15, 0.2) is 0 Å². The predicted octanol–water partition coefficient (Wildman–Crippen LogP) is -0.741. The van der Waals surface area contributed by atoms with Gasteiger partial charge < -0.3 is 15.6 Å². The molecule has 1 unspecified atom stereocenters. The molecule has 0 saturated carbocycles. The summed E-state index contributed by atoms with van der Waals surface area (Å²) in [5.41, 5.74) is 4.90. The van der Waals surface area contributed by atoms with Gasteiger partial charge in [-0.2, -0.15) is 0 Å². The molecule has 0 aromatic carbocycles. The number of primary amides is 1. The van der Waals surface area contributed by atoms with Crippen LogP contribution in [0.3, 0.4) is 0 Å². The molecule has 0 bridgehead atoms. The molecule has 1 atom stereocenters. The van der Waals surface area contributed by atoms with Crippen molar-refractivity contribution in [2.45, 2.75) is 18.9 Å². The molecule has 0 rings (SSSR count). The standard InChI is InChI=1S/C6H13NO3/c1-10-5(2-3-8)4-6(7)9/h5,8H,2-4H2,1H3,(H2,7,9). The lowest BCUT2D eigenvalue weighted by Gasteiger charge is -2.10. The molecule has 1 amide bonds. The highest BCUT2D eigenvalue weighted by Gasteiger charge is 2.08. The first kappa shape index (κ1) is 9.39. The molecule has 0 aromatic heterocycles. The van der Waals surface area contributed by atoms with Gasteiger partial charge in [-0.3, -0.25) is 4.79 Å². The molecule has 0 fully saturated rings. The van der Waals surface area contributed by atoms with E-state index in [2.05, 4.69) is 0 Å². The van der Waals surface area contributed by atoms with Crippen LogP contribution in [0.1, 0.15) is 12.8 Å². The Balaban J connectivity index is 3.49. The van der Waals surface area contributed by atoms with Gasteiger partial charge in [-0.25, -0.2) is 0 Å². The molecule has 0 aliphatic carbocycles. The minimum atomic E-state index is -0.402. The summed E-state index contributed by atoms with van der Waals surface area (Å²) >= 11 is 0. The van der Waals surface area contributed by atoms with Gasteiger partial charge in [0.05, 0.1) is 12.5 Å². The molecule has 10 heavy (non-hydrogen) atoms. The Labute approximate surface area is 60.0 Å². The lowest BCUT2D eigenvalue weighted by molar-refractivity contribution is -0.120. The molecule has 3 N–H and O–H groups in total. The molecule has 0 aromatic rings. The van der Waals surface area contributed by atoms with E-state index in [4.69, 9.17) is 15.6 Å². The zero-order valence-electron chi connectivity index (χ0n) is 6.04. The van der Waals surface area contributed by atoms with Crippen molar-refractivity contribution >= 4 is 5.91 Å². The fourth-order valence-corrected chi connectivity index (χ4v) is 0.672. The number of carbonyl (C=O) groups excluding carboxylic acids is 1. The average molecular weight is 147 g/mol. The SMILES string of the molecule is COC(CCO)CC(N)=O. The largest absolute Gasteiger partial charge is 0.396 e. The number of hydrogen-bond acceptors (Lipinski definition) is 3. The van der Waals surface area contributed by atoms with Crippen LogP contribution in [-0.4, -0.2) is 30.8 Å². The normalized spacial score (nSPS) is 13.0. The maximum atomic E-state index is 10.3. The second-order valence-electron chi connectivity index (χ2n) is 2.04. The minimum absolute atomic E-state index is 0.0196. The number of aliphatic hydroxyl groups excluding tert-OH is 1. The van der Waals surface area contributed by atoms with Gasteiger partial charge in [-0.05, 0) is 6.42 Å². The van der Waals surface area contributed by atoms with E-state index >= 15 is 0 Å². The maximum absolute atomic E-state index is 10.3. The molecule has 0 spiro atoms. The van der Waals surface area contributed by atoms with Crippen LogP contribution in [0, 0.1) is 0 Å². The van der Waals surface area contributed by atoms with Crippen LogP contribution >= 0.6 is 0 Å². The van der Waals surface area contributed by atoms with E-state index in [1.807, 2.05) is 0 Å². The first-order valence-electron chi connectivity index (χ1n) is 3.12. The van der Waals surface area contributed by atoms with Crippen LogP contribution in [0.2, 0.25) is 0 Å². The third-order valence-corrected chi connectivity index (χ3v) is 1.21. The summed E-state index contributed by atoms with van der Waals surface area (Å²) < 4.78 is 4.84. The highest BCUT2D eigenvalue weighted by Crippen LogP contribution is 2.00. The van der Waals surface area contributed by atoms with Crippen LogP contribution in [-0.2, 0) is 9.53 Å². The van der Waals surface area contributed by atoms with Crippen LogP contribution in [0.25, 0.3) is 0 Å². The number of aliphatic hydroxyl groups is 1. The second kappa shape index (κ2) is 5.20. The molecule has 0 radical (unpaired) electrons. The molecular formula is C6H13NO3. The van der Waals surface area contributed by atoms with E-state index in [-0.39, 0.29) is 19.1 Å². The first-order valence-corrected chi connectivity index (χ1v) is 3.12. The molecule has 0 aliphatic heterocycles. The van der Waals surface area contributed by atoms with E-state index in [1.165, 1.54) is 7.11 Å². The molecule has 0 heterocycles. The van der Waals surface area contributed by atoms with Crippen molar-refractivity contribution < 1.29 is 14.6 Å². The van der Waals surface area contributed by atoms with E-state index in [1.54, 1.807) is 0 Å². The predicted molar refractivity (Wildman–Crippen MR) is 36.3 cm³/mol. The molecule has 4 heteroatoms. The van der Waals surface area contributed by atoms with E-state index in [0.29, 0.717) is 6.42 Å². The van der Waals surface area contributed by atoms with Crippen molar-refractivity contribution in [3.05, 3.63) is 0 Å². The number of ether oxygens (including phenoxy) is 1. The summed E-state index contributed by atoms with van der Waals surface area (Å²) in [5.74, 6) is -0.402. The third-order valence-electron chi connectivity index (χ3n) is 1.21. The highest BCUT2D eigenvalue weighted by molar-refractivity contribution is 5.74. The fourth-order valence-electron chi connectivity index (χ4n) is 0.672. The maximum Gasteiger partial charge on any atom is 0.220 e. The van der Waals surface area contributed by atoms with Gasteiger partial charge in [0, 0.05) is 13.7 Å². The number of amides is 1. The summed E-state index contributed by atoms with van der Waals surface area (Å²) in [6.07, 6.45) is 0.402. The van der Waals surface area contributed by atoms with E-state index in [0.717, 1.165) is 0 Å². The van der Waals surface area contributed by atoms with Gasteiger partial charge in [-0.1, -0.05) is 0 Å². The van der Waals surface area contributed by atoms with Crippen molar-refractivity contribution in [1.29, 1.82) is 0 Å². The third kappa shape index (κ3) is 4.29. The molecule has 4 nitrogen and oxygen atoms in total. The van der Waals surface area contributed by atoms with E-state index in [9.17, 15) is 4.79 Å². The van der Waals surface area contributed by atoms with Crippen molar-refractivity contribution in [3.8, 4) is 0 Å². The second-order valence-corrected chi connectivity index (χ2v) is 2.04. The molecular weight excluding hydrogens is 134 g/mol. The molecule has 60 valence electrons. The van der Waals surface area contributed by atoms with Gasteiger partial charge in [0.25, 0.3) is 0 Å². The van der Waals surface area contributed by atoms with Crippen LogP contribution in [0.5, 0.6) is 0 Å².